The van der Waals surface area contributed by atoms with Gasteiger partial charge in [0.1, 0.15) is 6.10 Å². The molecule has 0 saturated carbocycles. The third-order valence-corrected chi connectivity index (χ3v) is 9.46. The highest BCUT2D eigenvalue weighted by atomic mass is 28.4. The van der Waals surface area contributed by atoms with E-state index in [1.165, 1.54) is 38.5 Å². The molecule has 0 aliphatic heterocycles. The lowest BCUT2D eigenvalue weighted by atomic mass is 10.0. The summed E-state index contributed by atoms with van der Waals surface area (Å²) < 4.78 is 6.33. The second-order valence-electron chi connectivity index (χ2n) is 8.08. The molecule has 0 radical (unpaired) electrons. The van der Waals surface area contributed by atoms with E-state index in [2.05, 4.69) is 40.8 Å². The zero-order chi connectivity index (χ0) is 17.2. The molecule has 0 aliphatic carbocycles. The average Bonchev–Trinajstić information content (AvgIpc) is 2.42. The zero-order valence-corrected chi connectivity index (χ0v) is 16.8. The number of rotatable bonds is 12. The van der Waals surface area contributed by atoms with Crippen molar-refractivity contribution in [1.82, 2.24) is 0 Å². The monoisotopic (exact) mass is 332 g/mol. The van der Waals surface area contributed by atoms with Gasteiger partial charge in [0.25, 0.3) is 0 Å². The van der Waals surface area contributed by atoms with Crippen LogP contribution in [-0.2, 0) is 4.43 Å². The smallest absolute Gasteiger partial charge is 0.192 e. The molecule has 0 saturated heterocycles. The molecule has 4 heteroatoms. The summed E-state index contributed by atoms with van der Waals surface area (Å²) >= 11 is 0. The van der Waals surface area contributed by atoms with Gasteiger partial charge in [0.2, 0.25) is 0 Å². The van der Waals surface area contributed by atoms with Crippen LogP contribution in [0, 0.1) is 0 Å². The molecule has 0 rings (SSSR count). The summed E-state index contributed by atoms with van der Waals surface area (Å²) in [6.45, 7) is 13.0. The van der Waals surface area contributed by atoms with E-state index in [9.17, 15) is 10.2 Å². The van der Waals surface area contributed by atoms with Gasteiger partial charge in [-0.1, -0.05) is 72.6 Å². The van der Waals surface area contributed by atoms with Crippen molar-refractivity contribution >= 4 is 8.32 Å². The van der Waals surface area contributed by atoms with Crippen LogP contribution < -0.4 is 0 Å². The van der Waals surface area contributed by atoms with Crippen LogP contribution in [0.4, 0.5) is 0 Å². The molecular formula is C18H40O3Si. The van der Waals surface area contributed by atoms with Crippen LogP contribution in [0.15, 0.2) is 0 Å². The summed E-state index contributed by atoms with van der Waals surface area (Å²) in [4.78, 5) is 0. The minimum atomic E-state index is -1.90. The predicted molar refractivity (Wildman–Crippen MR) is 97.8 cm³/mol. The highest BCUT2D eigenvalue weighted by molar-refractivity contribution is 6.74. The Bertz CT molecular complexity index is 274. The van der Waals surface area contributed by atoms with Crippen LogP contribution >= 0.6 is 0 Å². The van der Waals surface area contributed by atoms with E-state index < -0.39 is 14.4 Å². The molecule has 0 fully saturated rings. The molecular weight excluding hydrogens is 292 g/mol. The van der Waals surface area contributed by atoms with Gasteiger partial charge in [0.15, 0.2) is 8.32 Å². The Morgan fingerprint density at radius 1 is 0.955 bits per heavy atom. The van der Waals surface area contributed by atoms with Gasteiger partial charge in [-0.25, -0.2) is 0 Å². The molecule has 0 aromatic carbocycles. The second kappa shape index (κ2) is 10.8. The van der Waals surface area contributed by atoms with Crippen molar-refractivity contribution < 1.29 is 14.6 Å². The Morgan fingerprint density at radius 3 is 1.91 bits per heavy atom. The van der Waals surface area contributed by atoms with Crippen LogP contribution in [-0.4, -0.2) is 37.3 Å². The number of hydrogen-bond donors (Lipinski definition) is 2. The Morgan fingerprint density at radius 2 is 1.45 bits per heavy atom. The lowest BCUT2D eigenvalue weighted by Gasteiger charge is -2.40. The molecule has 2 atom stereocenters. The van der Waals surface area contributed by atoms with Gasteiger partial charge < -0.3 is 14.6 Å². The Kier molecular flexibility index (Phi) is 10.8. The molecule has 22 heavy (non-hydrogen) atoms. The minimum Gasteiger partial charge on any atom is -0.411 e. The summed E-state index contributed by atoms with van der Waals surface area (Å²) in [7, 11) is -1.90. The van der Waals surface area contributed by atoms with E-state index in [1.54, 1.807) is 0 Å². The molecule has 0 unspecified atom stereocenters. The van der Waals surface area contributed by atoms with Crippen LogP contribution in [0.2, 0.25) is 18.1 Å². The summed E-state index contributed by atoms with van der Waals surface area (Å²) in [5.41, 5.74) is 0. The fraction of sp³-hybridized carbons (Fsp3) is 1.00. The lowest BCUT2D eigenvalue weighted by molar-refractivity contribution is -0.0118. The first kappa shape index (κ1) is 22.1. The Balaban J connectivity index is 4.26. The van der Waals surface area contributed by atoms with Gasteiger partial charge in [-0.05, 0) is 24.6 Å². The lowest BCUT2D eigenvalue weighted by Crippen LogP contribution is -2.47. The molecule has 0 aromatic rings. The minimum absolute atomic E-state index is 0.126. The van der Waals surface area contributed by atoms with Crippen molar-refractivity contribution in [3.63, 3.8) is 0 Å². The van der Waals surface area contributed by atoms with E-state index in [-0.39, 0.29) is 17.7 Å². The molecule has 0 heterocycles. The summed E-state index contributed by atoms with van der Waals surface area (Å²) in [5.74, 6) is 0. The Hall–Kier alpha value is 0.0969. The van der Waals surface area contributed by atoms with E-state index in [0.29, 0.717) is 0 Å². The van der Waals surface area contributed by atoms with Crippen molar-refractivity contribution in [2.75, 3.05) is 6.61 Å². The van der Waals surface area contributed by atoms with Crippen molar-refractivity contribution in [3.05, 3.63) is 0 Å². The van der Waals surface area contributed by atoms with Gasteiger partial charge in [-0.15, -0.1) is 0 Å². The number of hydrogen-bond acceptors (Lipinski definition) is 3. The fourth-order valence-corrected chi connectivity index (χ4v) is 3.69. The van der Waals surface area contributed by atoms with Gasteiger partial charge in [-0.2, -0.15) is 0 Å². The van der Waals surface area contributed by atoms with Gasteiger partial charge in [0, 0.05) is 0 Å². The standard InChI is InChI=1S/C18H40O3Si/c1-7-8-9-10-11-12-13-14-17(16(20)15-19)21-22(5,6)18(2,3)4/h16-17,19-20H,7-15H2,1-6H3/t16-,17-/m0/s1. The predicted octanol–water partition coefficient (Wildman–Crippen LogP) is 4.87. The van der Waals surface area contributed by atoms with Crippen molar-refractivity contribution in [2.45, 2.75) is 109 Å². The molecule has 0 aromatic heterocycles. The van der Waals surface area contributed by atoms with Crippen LogP contribution in [0.1, 0.15) is 79.1 Å². The molecule has 2 N–H and O–H groups in total. The second-order valence-corrected chi connectivity index (χ2v) is 12.8. The van der Waals surface area contributed by atoms with E-state index in [4.69, 9.17) is 4.43 Å². The maximum atomic E-state index is 10.1. The van der Waals surface area contributed by atoms with Gasteiger partial charge in [0.05, 0.1) is 12.7 Å². The first-order chi connectivity index (χ1) is 10.2. The molecule has 0 bridgehead atoms. The van der Waals surface area contributed by atoms with Crippen LogP contribution in [0.25, 0.3) is 0 Å². The summed E-state index contributed by atoms with van der Waals surface area (Å²) in [6, 6.07) is 0. The van der Waals surface area contributed by atoms with Crippen LogP contribution in [0.3, 0.4) is 0 Å². The molecule has 134 valence electrons. The van der Waals surface area contributed by atoms with E-state index in [0.717, 1.165) is 12.8 Å². The quantitative estimate of drug-likeness (QED) is 0.396. The number of aliphatic hydroxyl groups excluding tert-OH is 2. The van der Waals surface area contributed by atoms with E-state index in [1.807, 2.05) is 0 Å². The summed E-state index contributed by atoms with van der Waals surface area (Å²) in [5, 5.41) is 19.5. The molecule has 0 spiro atoms. The normalized spacial score (nSPS) is 15.8. The maximum absolute atomic E-state index is 10.1. The summed E-state index contributed by atoms with van der Waals surface area (Å²) in [6.07, 6.45) is 8.66. The highest BCUT2D eigenvalue weighted by Crippen LogP contribution is 2.38. The van der Waals surface area contributed by atoms with Crippen LogP contribution in [0.5, 0.6) is 0 Å². The highest BCUT2D eigenvalue weighted by Gasteiger charge is 2.40. The number of unbranched alkanes of at least 4 members (excludes halogenated alkanes) is 6. The Labute approximate surface area is 139 Å². The molecule has 0 aliphatic rings. The van der Waals surface area contributed by atoms with Crippen molar-refractivity contribution in [1.29, 1.82) is 0 Å². The first-order valence-corrected chi connectivity index (χ1v) is 12.0. The number of aliphatic hydroxyl groups is 2. The third kappa shape index (κ3) is 8.66. The fourth-order valence-electron chi connectivity index (χ4n) is 2.31. The van der Waals surface area contributed by atoms with Gasteiger partial charge in [-0.3, -0.25) is 0 Å². The van der Waals surface area contributed by atoms with Crippen molar-refractivity contribution in [2.24, 2.45) is 0 Å². The topological polar surface area (TPSA) is 49.7 Å². The van der Waals surface area contributed by atoms with E-state index >= 15 is 0 Å². The first-order valence-electron chi connectivity index (χ1n) is 9.12. The molecule has 3 nitrogen and oxygen atoms in total. The maximum Gasteiger partial charge on any atom is 0.192 e. The van der Waals surface area contributed by atoms with Crippen molar-refractivity contribution in [3.8, 4) is 0 Å². The third-order valence-electron chi connectivity index (χ3n) is 4.96. The average molecular weight is 333 g/mol. The zero-order valence-electron chi connectivity index (χ0n) is 15.8. The largest absolute Gasteiger partial charge is 0.411 e. The SMILES string of the molecule is CCCCCCCCC[C@H](O[Si](C)(C)C(C)(C)C)[C@@H](O)CO. The molecule has 0 amide bonds. The van der Waals surface area contributed by atoms with Gasteiger partial charge >= 0.3 is 0 Å².